The average molecular weight is 339 g/mol. The summed E-state index contributed by atoms with van der Waals surface area (Å²) in [5.41, 5.74) is 4.32. The topological polar surface area (TPSA) is 79.8 Å². The number of nitrogens with zero attached hydrogens (tertiary/aromatic N) is 1. The van der Waals surface area contributed by atoms with Gasteiger partial charge < -0.3 is 10.1 Å². The van der Waals surface area contributed by atoms with Crippen LogP contribution in [-0.2, 0) is 16.0 Å². The van der Waals surface area contributed by atoms with Gasteiger partial charge in [0.2, 0.25) is 5.91 Å². The summed E-state index contributed by atoms with van der Waals surface area (Å²) >= 11 is 0. The van der Waals surface area contributed by atoms with Crippen molar-refractivity contribution in [3.8, 4) is 5.75 Å². The van der Waals surface area contributed by atoms with Gasteiger partial charge >= 0.3 is 0 Å². The molecule has 2 N–H and O–H groups in total. The number of hydrogen-bond acceptors (Lipinski definition) is 4. The smallest absolute Gasteiger partial charge is 0.257 e. The van der Waals surface area contributed by atoms with Gasteiger partial charge in [-0.1, -0.05) is 30.3 Å². The zero-order valence-electron chi connectivity index (χ0n) is 14.1. The van der Waals surface area contributed by atoms with Crippen LogP contribution in [0.4, 0.5) is 0 Å². The molecule has 6 heteroatoms. The predicted molar refractivity (Wildman–Crippen MR) is 96.5 cm³/mol. The zero-order valence-corrected chi connectivity index (χ0v) is 14.1. The van der Waals surface area contributed by atoms with Gasteiger partial charge in [-0.25, -0.2) is 5.43 Å². The molecule has 0 aliphatic heterocycles. The lowest BCUT2D eigenvalue weighted by molar-refractivity contribution is -0.123. The number of rotatable bonds is 8. The van der Waals surface area contributed by atoms with Gasteiger partial charge in [-0.05, 0) is 41.8 Å². The maximum Gasteiger partial charge on any atom is 0.257 e. The number of benzene rings is 2. The van der Waals surface area contributed by atoms with Crippen molar-refractivity contribution in [2.75, 3.05) is 13.2 Å². The normalized spacial score (nSPS) is 10.4. The molecule has 2 aromatic rings. The Morgan fingerprint density at radius 3 is 2.48 bits per heavy atom. The first kappa shape index (κ1) is 18.2. The highest BCUT2D eigenvalue weighted by molar-refractivity contribution is 5.82. The number of ether oxygens (including phenoxy) is 1. The lowest BCUT2D eigenvalue weighted by Crippen LogP contribution is -2.30. The number of hydrogen-bond donors (Lipinski definition) is 2. The molecule has 0 aromatic heterocycles. The van der Waals surface area contributed by atoms with E-state index in [1.807, 2.05) is 30.3 Å². The van der Waals surface area contributed by atoms with E-state index in [4.69, 9.17) is 4.74 Å². The van der Waals surface area contributed by atoms with Gasteiger partial charge in [-0.2, -0.15) is 5.10 Å². The monoisotopic (exact) mass is 339 g/mol. The molecule has 6 nitrogen and oxygen atoms in total. The minimum Gasteiger partial charge on any atom is -0.484 e. The number of carbonyl (C=O) groups excluding carboxylic acids is 2. The Balaban J connectivity index is 1.68. The molecule has 0 unspecified atom stereocenters. The first-order chi connectivity index (χ1) is 12.1. The molecule has 0 saturated carbocycles. The summed E-state index contributed by atoms with van der Waals surface area (Å²) in [7, 11) is 0. The summed E-state index contributed by atoms with van der Waals surface area (Å²) in [6.45, 7) is 1.93. The van der Waals surface area contributed by atoms with E-state index < -0.39 is 0 Å². The van der Waals surface area contributed by atoms with E-state index in [9.17, 15) is 9.59 Å². The maximum atomic E-state index is 11.8. The Labute approximate surface area is 146 Å². The number of hydrazone groups is 1. The summed E-state index contributed by atoms with van der Waals surface area (Å²) in [5, 5.41) is 6.60. The van der Waals surface area contributed by atoms with Gasteiger partial charge in [0.25, 0.3) is 5.91 Å². The second kappa shape index (κ2) is 9.87. The average Bonchev–Trinajstić information content (AvgIpc) is 2.62. The number of amides is 2. The fourth-order valence-corrected chi connectivity index (χ4v) is 2.04. The van der Waals surface area contributed by atoms with E-state index in [0.29, 0.717) is 12.3 Å². The third-order valence-corrected chi connectivity index (χ3v) is 3.26. The van der Waals surface area contributed by atoms with Crippen molar-refractivity contribution in [3.63, 3.8) is 0 Å². The third-order valence-electron chi connectivity index (χ3n) is 3.26. The fourth-order valence-electron chi connectivity index (χ4n) is 2.04. The van der Waals surface area contributed by atoms with Crippen LogP contribution in [0.15, 0.2) is 59.7 Å². The highest BCUT2D eigenvalue weighted by Crippen LogP contribution is 2.10. The Morgan fingerprint density at radius 1 is 1.08 bits per heavy atom. The van der Waals surface area contributed by atoms with Crippen LogP contribution in [-0.4, -0.2) is 31.2 Å². The standard InChI is InChI=1S/C19H21N3O3/c1-15(23)22-21-13-17-7-9-18(10-8-17)25-14-19(24)20-12-11-16-5-3-2-4-6-16/h2-10,13H,11-12,14H2,1H3,(H,20,24)(H,22,23)/b21-13+. The van der Waals surface area contributed by atoms with Crippen molar-refractivity contribution in [2.24, 2.45) is 5.10 Å². The Morgan fingerprint density at radius 2 is 1.80 bits per heavy atom. The van der Waals surface area contributed by atoms with Crippen LogP contribution in [0.3, 0.4) is 0 Å². The fraction of sp³-hybridized carbons (Fsp3) is 0.211. The molecule has 0 aliphatic carbocycles. The van der Waals surface area contributed by atoms with E-state index >= 15 is 0 Å². The highest BCUT2D eigenvalue weighted by atomic mass is 16.5. The van der Waals surface area contributed by atoms with Crippen molar-refractivity contribution >= 4 is 18.0 Å². The minimum absolute atomic E-state index is 0.0336. The molecular formula is C19H21N3O3. The molecule has 0 atom stereocenters. The van der Waals surface area contributed by atoms with Crippen LogP contribution in [0.25, 0.3) is 0 Å². The van der Waals surface area contributed by atoms with Crippen LogP contribution in [0, 0.1) is 0 Å². The lowest BCUT2D eigenvalue weighted by atomic mass is 10.1. The lowest BCUT2D eigenvalue weighted by Gasteiger charge is -2.08. The SMILES string of the molecule is CC(=O)N/N=C/c1ccc(OCC(=O)NCCc2ccccc2)cc1. The number of carbonyl (C=O) groups is 2. The Kier molecular flexibility index (Phi) is 7.18. The van der Waals surface area contributed by atoms with E-state index in [-0.39, 0.29) is 18.4 Å². The van der Waals surface area contributed by atoms with Gasteiger partial charge in [-0.15, -0.1) is 0 Å². The largest absolute Gasteiger partial charge is 0.484 e. The van der Waals surface area contributed by atoms with Gasteiger partial charge in [-0.3, -0.25) is 9.59 Å². The molecule has 130 valence electrons. The molecular weight excluding hydrogens is 318 g/mol. The summed E-state index contributed by atoms with van der Waals surface area (Å²) in [6, 6.07) is 17.0. The molecule has 2 amide bonds. The molecule has 0 saturated heterocycles. The summed E-state index contributed by atoms with van der Waals surface area (Å²) in [4.78, 5) is 22.5. The maximum absolute atomic E-state index is 11.8. The molecule has 0 fully saturated rings. The van der Waals surface area contributed by atoms with Crippen molar-refractivity contribution in [2.45, 2.75) is 13.3 Å². The first-order valence-corrected chi connectivity index (χ1v) is 7.96. The molecule has 0 bridgehead atoms. The molecule has 0 aliphatic rings. The highest BCUT2D eigenvalue weighted by Gasteiger charge is 2.02. The predicted octanol–water partition coefficient (Wildman–Crippen LogP) is 1.89. The Hall–Kier alpha value is -3.15. The van der Waals surface area contributed by atoms with Crippen LogP contribution in [0.2, 0.25) is 0 Å². The Bertz CT molecular complexity index is 712. The quantitative estimate of drug-likeness (QED) is 0.569. The second-order valence-corrected chi connectivity index (χ2v) is 5.37. The van der Waals surface area contributed by atoms with E-state index in [2.05, 4.69) is 15.8 Å². The molecule has 0 heterocycles. The van der Waals surface area contributed by atoms with Crippen molar-refractivity contribution in [1.29, 1.82) is 0 Å². The van der Waals surface area contributed by atoms with Gasteiger partial charge in [0.15, 0.2) is 6.61 Å². The zero-order chi connectivity index (χ0) is 17.9. The van der Waals surface area contributed by atoms with Crippen LogP contribution >= 0.6 is 0 Å². The van der Waals surface area contributed by atoms with Crippen molar-refractivity contribution in [1.82, 2.24) is 10.7 Å². The van der Waals surface area contributed by atoms with E-state index in [0.717, 1.165) is 12.0 Å². The van der Waals surface area contributed by atoms with E-state index in [1.54, 1.807) is 24.3 Å². The molecule has 0 spiro atoms. The minimum atomic E-state index is -0.227. The first-order valence-electron chi connectivity index (χ1n) is 7.96. The van der Waals surface area contributed by atoms with Crippen molar-refractivity contribution < 1.29 is 14.3 Å². The van der Waals surface area contributed by atoms with Crippen molar-refractivity contribution in [3.05, 3.63) is 65.7 Å². The van der Waals surface area contributed by atoms with Gasteiger partial charge in [0.05, 0.1) is 6.21 Å². The molecule has 0 radical (unpaired) electrons. The molecule has 25 heavy (non-hydrogen) atoms. The van der Waals surface area contributed by atoms with E-state index in [1.165, 1.54) is 18.7 Å². The van der Waals surface area contributed by atoms with Crippen LogP contribution < -0.4 is 15.5 Å². The second-order valence-electron chi connectivity index (χ2n) is 5.37. The molecule has 2 aromatic carbocycles. The summed E-state index contributed by atoms with van der Waals surface area (Å²) in [6.07, 6.45) is 2.32. The van der Waals surface area contributed by atoms with Gasteiger partial charge in [0, 0.05) is 13.5 Å². The van der Waals surface area contributed by atoms with Crippen LogP contribution in [0.1, 0.15) is 18.1 Å². The van der Waals surface area contributed by atoms with Gasteiger partial charge in [0.1, 0.15) is 5.75 Å². The summed E-state index contributed by atoms with van der Waals surface area (Å²) < 4.78 is 5.44. The third kappa shape index (κ3) is 7.30. The van der Waals surface area contributed by atoms with Crippen LogP contribution in [0.5, 0.6) is 5.75 Å². The number of nitrogens with one attached hydrogen (secondary N) is 2. The molecule has 2 rings (SSSR count). The summed E-state index contributed by atoms with van der Waals surface area (Å²) in [5.74, 6) is 0.205.